The number of rotatable bonds is 2. The molecule has 2 heterocycles. The minimum atomic E-state index is 0.129. The summed E-state index contributed by atoms with van der Waals surface area (Å²) in [5.41, 5.74) is 3.03. The third-order valence-corrected chi connectivity index (χ3v) is 4.13. The molecule has 2 aromatic rings. The maximum Gasteiger partial charge on any atom is 0.254 e. The smallest absolute Gasteiger partial charge is 0.254 e. The molecule has 18 heavy (non-hydrogen) atoms. The molecule has 0 bridgehead atoms. The lowest BCUT2D eigenvalue weighted by atomic mass is 9.99. The van der Waals surface area contributed by atoms with Crippen LogP contribution >= 0.6 is 11.3 Å². The predicted octanol–water partition coefficient (Wildman–Crippen LogP) is 2.65. The number of carbonyl (C=O) groups is 1. The zero-order valence-electron chi connectivity index (χ0n) is 10.2. The van der Waals surface area contributed by atoms with Crippen LogP contribution in [0.1, 0.15) is 26.6 Å². The molecule has 92 valence electrons. The first-order chi connectivity index (χ1) is 8.74. The number of aryl methyl sites for hydroxylation is 1. The molecule has 1 amide bonds. The van der Waals surface area contributed by atoms with Gasteiger partial charge in [0.1, 0.15) is 5.01 Å². The molecule has 0 saturated carbocycles. The molecule has 1 aliphatic rings. The molecule has 0 N–H and O–H groups in total. The summed E-state index contributed by atoms with van der Waals surface area (Å²) < 4.78 is 0. The molecule has 1 aromatic heterocycles. The fraction of sp³-hybridized carbons (Fsp3) is 0.286. The van der Waals surface area contributed by atoms with E-state index in [0.29, 0.717) is 6.54 Å². The molecule has 0 saturated heterocycles. The van der Waals surface area contributed by atoms with Crippen LogP contribution in [0.3, 0.4) is 0 Å². The maximum absolute atomic E-state index is 12.3. The van der Waals surface area contributed by atoms with Gasteiger partial charge in [-0.3, -0.25) is 4.79 Å². The third kappa shape index (κ3) is 2.04. The van der Waals surface area contributed by atoms with Crippen molar-refractivity contribution in [2.45, 2.75) is 19.9 Å². The Morgan fingerprint density at radius 3 is 3.00 bits per heavy atom. The van der Waals surface area contributed by atoms with Gasteiger partial charge in [-0.15, -0.1) is 11.3 Å². The summed E-state index contributed by atoms with van der Waals surface area (Å²) in [5, 5.41) is 3.04. The van der Waals surface area contributed by atoms with Gasteiger partial charge in [-0.25, -0.2) is 4.98 Å². The van der Waals surface area contributed by atoms with E-state index in [2.05, 4.69) is 4.98 Å². The Bertz CT molecular complexity index is 591. The fourth-order valence-corrected chi connectivity index (χ4v) is 3.05. The van der Waals surface area contributed by atoms with E-state index >= 15 is 0 Å². The van der Waals surface area contributed by atoms with Crippen molar-refractivity contribution in [2.24, 2.45) is 0 Å². The summed E-state index contributed by atoms with van der Waals surface area (Å²) in [6, 6.07) is 7.87. The van der Waals surface area contributed by atoms with Gasteiger partial charge in [0.15, 0.2) is 0 Å². The highest BCUT2D eigenvalue weighted by Gasteiger charge is 2.24. The highest BCUT2D eigenvalue weighted by atomic mass is 32.1. The van der Waals surface area contributed by atoms with Crippen LogP contribution in [0.5, 0.6) is 0 Å². The van der Waals surface area contributed by atoms with Crippen molar-refractivity contribution < 1.29 is 4.79 Å². The predicted molar refractivity (Wildman–Crippen MR) is 71.7 cm³/mol. The van der Waals surface area contributed by atoms with E-state index in [1.807, 2.05) is 41.5 Å². The molecule has 0 aliphatic carbocycles. The van der Waals surface area contributed by atoms with Gasteiger partial charge in [0, 0.05) is 23.2 Å². The highest BCUT2D eigenvalue weighted by molar-refractivity contribution is 7.09. The monoisotopic (exact) mass is 258 g/mol. The molecular weight excluding hydrogens is 244 g/mol. The summed E-state index contributed by atoms with van der Waals surface area (Å²) in [4.78, 5) is 18.6. The Balaban J connectivity index is 1.82. The molecule has 0 radical (unpaired) electrons. The first kappa shape index (κ1) is 11.4. The zero-order chi connectivity index (χ0) is 12.5. The Kier molecular flexibility index (Phi) is 2.88. The average Bonchev–Trinajstić information content (AvgIpc) is 2.79. The molecule has 0 atom stereocenters. The Hall–Kier alpha value is -1.68. The van der Waals surface area contributed by atoms with Gasteiger partial charge in [0.2, 0.25) is 0 Å². The van der Waals surface area contributed by atoms with E-state index in [9.17, 15) is 4.79 Å². The number of nitrogens with zero attached hydrogens (tertiary/aromatic N) is 2. The van der Waals surface area contributed by atoms with Crippen LogP contribution in [0, 0.1) is 6.92 Å². The van der Waals surface area contributed by atoms with Crippen LogP contribution in [0.4, 0.5) is 0 Å². The van der Waals surface area contributed by atoms with Crippen molar-refractivity contribution in [1.82, 2.24) is 9.88 Å². The molecule has 0 unspecified atom stereocenters. The second kappa shape index (κ2) is 4.53. The molecular formula is C14H14N2OS. The standard InChI is InChI=1S/C14H14N2OS/c1-10-9-18-13(15-10)8-16-7-6-11-4-2-3-5-12(11)14(16)17/h2-5,9H,6-8H2,1H3. The highest BCUT2D eigenvalue weighted by Crippen LogP contribution is 2.21. The topological polar surface area (TPSA) is 33.2 Å². The van der Waals surface area contributed by atoms with Gasteiger partial charge in [0.25, 0.3) is 5.91 Å². The molecule has 1 aliphatic heterocycles. The van der Waals surface area contributed by atoms with E-state index in [0.717, 1.165) is 34.8 Å². The number of hydrogen-bond donors (Lipinski definition) is 0. The normalized spacial score (nSPS) is 14.7. The summed E-state index contributed by atoms with van der Waals surface area (Å²) in [7, 11) is 0. The number of fused-ring (bicyclic) bond motifs is 1. The van der Waals surface area contributed by atoms with E-state index in [4.69, 9.17) is 0 Å². The van der Waals surface area contributed by atoms with Gasteiger partial charge in [-0.1, -0.05) is 18.2 Å². The Labute approximate surface area is 110 Å². The largest absolute Gasteiger partial charge is 0.332 e. The van der Waals surface area contributed by atoms with Crippen LogP contribution in [0.25, 0.3) is 0 Å². The lowest BCUT2D eigenvalue weighted by molar-refractivity contribution is 0.0727. The van der Waals surface area contributed by atoms with E-state index in [1.54, 1.807) is 11.3 Å². The Morgan fingerprint density at radius 1 is 1.39 bits per heavy atom. The van der Waals surface area contributed by atoms with Crippen molar-refractivity contribution >= 4 is 17.2 Å². The van der Waals surface area contributed by atoms with Gasteiger partial charge in [0.05, 0.1) is 6.54 Å². The molecule has 1 aromatic carbocycles. The molecule has 4 heteroatoms. The first-order valence-corrected chi connectivity index (χ1v) is 6.90. The van der Waals surface area contributed by atoms with Crippen molar-refractivity contribution in [3.05, 3.63) is 51.5 Å². The zero-order valence-corrected chi connectivity index (χ0v) is 11.0. The third-order valence-electron chi connectivity index (χ3n) is 3.18. The summed E-state index contributed by atoms with van der Waals surface area (Å²) in [5.74, 6) is 0.129. The number of benzene rings is 1. The van der Waals surface area contributed by atoms with Crippen molar-refractivity contribution in [2.75, 3.05) is 6.54 Å². The maximum atomic E-state index is 12.3. The Morgan fingerprint density at radius 2 is 2.22 bits per heavy atom. The number of amides is 1. The fourth-order valence-electron chi connectivity index (χ4n) is 2.26. The first-order valence-electron chi connectivity index (χ1n) is 6.02. The van der Waals surface area contributed by atoms with Gasteiger partial charge in [-0.2, -0.15) is 0 Å². The van der Waals surface area contributed by atoms with E-state index in [1.165, 1.54) is 0 Å². The summed E-state index contributed by atoms with van der Waals surface area (Å²) in [6.45, 7) is 3.40. The minimum Gasteiger partial charge on any atom is -0.332 e. The van der Waals surface area contributed by atoms with Crippen LogP contribution in [-0.2, 0) is 13.0 Å². The SMILES string of the molecule is Cc1csc(CN2CCc3ccccc3C2=O)n1. The number of aromatic nitrogens is 1. The number of hydrogen-bond acceptors (Lipinski definition) is 3. The van der Waals surface area contributed by atoms with Crippen LogP contribution in [0.2, 0.25) is 0 Å². The van der Waals surface area contributed by atoms with Crippen LogP contribution in [0.15, 0.2) is 29.6 Å². The van der Waals surface area contributed by atoms with E-state index < -0.39 is 0 Å². The second-order valence-electron chi connectivity index (χ2n) is 4.52. The summed E-state index contributed by atoms with van der Waals surface area (Å²) >= 11 is 1.62. The number of thiazole rings is 1. The minimum absolute atomic E-state index is 0.129. The molecule has 3 rings (SSSR count). The summed E-state index contributed by atoms with van der Waals surface area (Å²) in [6.07, 6.45) is 0.937. The quantitative estimate of drug-likeness (QED) is 0.829. The lowest BCUT2D eigenvalue weighted by Gasteiger charge is -2.27. The van der Waals surface area contributed by atoms with Gasteiger partial charge >= 0.3 is 0 Å². The molecule has 0 fully saturated rings. The number of carbonyl (C=O) groups excluding carboxylic acids is 1. The average molecular weight is 258 g/mol. The van der Waals surface area contributed by atoms with Crippen molar-refractivity contribution in [1.29, 1.82) is 0 Å². The van der Waals surface area contributed by atoms with Gasteiger partial charge in [-0.05, 0) is 25.0 Å². The van der Waals surface area contributed by atoms with Crippen molar-refractivity contribution in [3.63, 3.8) is 0 Å². The van der Waals surface area contributed by atoms with E-state index in [-0.39, 0.29) is 5.91 Å². The second-order valence-corrected chi connectivity index (χ2v) is 5.46. The van der Waals surface area contributed by atoms with Crippen molar-refractivity contribution in [3.8, 4) is 0 Å². The van der Waals surface area contributed by atoms with Crippen LogP contribution in [-0.4, -0.2) is 22.3 Å². The molecule has 0 spiro atoms. The van der Waals surface area contributed by atoms with Gasteiger partial charge < -0.3 is 4.90 Å². The van der Waals surface area contributed by atoms with Crippen LogP contribution < -0.4 is 0 Å². The molecule has 3 nitrogen and oxygen atoms in total. The lowest BCUT2D eigenvalue weighted by Crippen LogP contribution is -2.36.